The molecule has 1 atom stereocenters. The molecule has 1 unspecified atom stereocenters. The van der Waals surface area contributed by atoms with Gasteiger partial charge in [0.05, 0.1) is 11.4 Å². The topological polar surface area (TPSA) is 47.3 Å². The number of aryl methyl sites for hydroxylation is 1. The number of imidazole rings is 1. The molecule has 4 nitrogen and oxygen atoms in total. The highest BCUT2D eigenvalue weighted by Gasteiger charge is 2.16. The van der Waals surface area contributed by atoms with Crippen molar-refractivity contribution in [2.75, 3.05) is 6.26 Å². The number of nitrogens with zero attached hydrogens (tertiary/aromatic N) is 3. The molecule has 4 aromatic rings. The molecule has 4 rings (SSSR count). The Bertz CT molecular complexity index is 1070. The van der Waals surface area contributed by atoms with Gasteiger partial charge in [-0.1, -0.05) is 42.5 Å². The Kier molecular flexibility index (Phi) is 3.93. The van der Waals surface area contributed by atoms with Crippen molar-refractivity contribution in [2.45, 2.75) is 11.8 Å². The van der Waals surface area contributed by atoms with E-state index in [2.05, 4.69) is 4.98 Å². The molecule has 0 saturated carbocycles. The predicted molar refractivity (Wildman–Crippen MR) is 101 cm³/mol. The lowest BCUT2D eigenvalue weighted by atomic mass is 10.1. The van der Waals surface area contributed by atoms with E-state index >= 15 is 0 Å². The van der Waals surface area contributed by atoms with Gasteiger partial charge in [0.25, 0.3) is 0 Å². The number of rotatable bonds is 3. The van der Waals surface area contributed by atoms with Gasteiger partial charge in [0.1, 0.15) is 0 Å². The summed E-state index contributed by atoms with van der Waals surface area (Å²) in [6.07, 6.45) is 3.68. The molecule has 2 aromatic carbocycles. The minimum absolute atomic E-state index is 0.678. The van der Waals surface area contributed by atoms with Gasteiger partial charge >= 0.3 is 0 Å². The fourth-order valence-electron chi connectivity index (χ4n) is 2.90. The number of aromatic nitrogens is 3. The molecule has 0 N–H and O–H groups in total. The quantitative estimate of drug-likeness (QED) is 0.560. The molecule has 0 aliphatic rings. The van der Waals surface area contributed by atoms with Gasteiger partial charge in [-0.25, -0.2) is 9.97 Å². The monoisotopic (exact) mass is 347 g/mol. The van der Waals surface area contributed by atoms with E-state index in [0.717, 1.165) is 33.1 Å². The van der Waals surface area contributed by atoms with Crippen LogP contribution in [0.4, 0.5) is 0 Å². The normalized spacial score (nSPS) is 12.4. The molecule has 2 aromatic heterocycles. The second-order valence-corrected chi connectivity index (χ2v) is 7.27. The van der Waals surface area contributed by atoms with Crippen LogP contribution in [0.5, 0.6) is 0 Å². The van der Waals surface area contributed by atoms with Crippen molar-refractivity contribution >= 4 is 16.6 Å². The van der Waals surface area contributed by atoms with Crippen LogP contribution in [0.2, 0.25) is 0 Å². The van der Waals surface area contributed by atoms with Gasteiger partial charge in [-0.3, -0.25) is 8.61 Å². The van der Waals surface area contributed by atoms with E-state index < -0.39 is 10.8 Å². The van der Waals surface area contributed by atoms with Crippen molar-refractivity contribution in [3.63, 3.8) is 0 Å². The van der Waals surface area contributed by atoms with E-state index in [4.69, 9.17) is 4.98 Å². The average Bonchev–Trinajstić information content (AvgIpc) is 3.01. The molecule has 2 heterocycles. The second-order valence-electron chi connectivity index (χ2n) is 5.89. The predicted octanol–water partition coefficient (Wildman–Crippen LogP) is 4.11. The summed E-state index contributed by atoms with van der Waals surface area (Å²) < 4.78 is 13.7. The zero-order valence-corrected chi connectivity index (χ0v) is 14.8. The molecule has 124 valence electrons. The fraction of sp³-hybridized carbons (Fsp3) is 0.100. The summed E-state index contributed by atoms with van der Waals surface area (Å²) in [7, 11) is -0.990. The average molecular weight is 347 g/mol. The number of hydrogen-bond acceptors (Lipinski definition) is 3. The van der Waals surface area contributed by atoms with Gasteiger partial charge < -0.3 is 0 Å². The van der Waals surface area contributed by atoms with Gasteiger partial charge in [0.15, 0.2) is 0 Å². The third-order valence-electron chi connectivity index (χ3n) is 4.14. The molecule has 25 heavy (non-hydrogen) atoms. The summed E-state index contributed by atoms with van der Waals surface area (Å²) in [5.41, 5.74) is 4.88. The van der Waals surface area contributed by atoms with Crippen molar-refractivity contribution in [1.29, 1.82) is 0 Å². The molecule has 0 fully saturated rings. The zero-order chi connectivity index (χ0) is 17.4. The van der Waals surface area contributed by atoms with Crippen molar-refractivity contribution in [3.8, 4) is 22.5 Å². The molecule has 0 aliphatic carbocycles. The highest BCUT2D eigenvalue weighted by atomic mass is 32.2. The van der Waals surface area contributed by atoms with Crippen LogP contribution in [0.1, 0.15) is 5.69 Å². The Hall–Kier alpha value is -2.79. The summed E-state index contributed by atoms with van der Waals surface area (Å²) >= 11 is 0. The lowest BCUT2D eigenvalue weighted by Crippen LogP contribution is -1.93. The van der Waals surface area contributed by atoms with Gasteiger partial charge in [-0.05, 0) is 25.1 Å². The Morgan fingerprint density at radius 2 is 1.60 bits per heavy atom. The molecule has 0 spiro atoms. The number of fused-ring (bicyclic) bond motifs is 1. The third-order valence-corrected chi connectivity index (χ3v) is 5.08. The van der Waals surface area contributed by atoms with E-state index in [1.54, 1.807) is 6.26 Å². The first-order valence-corrected chi connectivity index (χ1v) is 9.54. The second kappa shape index (κ2) is 6.26. The van der Waals surface area contributed by atoms with E-state index in [1.807, 2.05) is 78.2 Å². The first kappa shape index (κ1) is 15.7. The maximum Gasteiger partial charge on any atom is 0.235 e. The SMILES string of the molecule is Cc1ccn2c(-c3ccc(S(C)=O)cc3)c(-c3ccccc3)nc2n1. The van der Waals surface area contributed by atoms with E-state index in [0.29, 0.717) is 5.78 Å². The molecule has 0 amide bonds. The third kappa shape index (κ3) is 2.87. The molecule has 0 bridgehead atoms. The Morgan fingerprint density at radius 1 is 0.880 bits per heavy atom. The van der Waals surface area contributed by atoms with E-state index in [-0.39, 0.29) is 0 Å². The fourth-order valence-corrected chi connectivity index (χ4v) is 3.42. The standard InChI is InChI=1S/C20H17N3OS/c1-14-12-13-23-19(16-8-10-17(11-9-16)25(2)24)18(22-20(23)21-14)15-6-4-3-5-7-15/h3-13H,1-2H3. The lowest BCUT2D eigenvalue weighted by Gasteiger charge is -2.06. The molecular formula is C20H17N3OS. The maximum absolute atomic E-state index is 11.7. The molecule has 0 saturated heterocycles. The summed E-state index contributed by atoms with van der Waals surface area (Å²) in [5, 5.41) is 0. The van der Waals surface area contributed by atoms with Gasteiger partial charge in [0.2, 0.25) is 5.78 Å². The van der Waals surface area contributed by atoms with Crippen LogP contribution >= 0.6 is 0 Å². The maximum atomic E-state index is 11.7. The van der Waals surface area contributed by atoms with Crippen LogP contribution in [0.15, 0.2) is 71.8 Å². The van der Waals surface area contributed by atoms with E-state index in [9.17, 15) is 4.21 Å². The molecule has 0 radical (unpaired) electrons. The highest BCUT2D eigenvalue weighted by molar-refractivity contribution is 7.84. The lowest BCUT2D eigenvalue weighted by molar-refractivity contribution is 0.687. The Labute approximate surface area is 148 Å². The number of hydrogen-bond donors (Lipinski definition) is 0. The van der Waals surface area contributed by atoms with Crippen LogP contribution in [0, 0.1) is 6.92 Å². The first-order chi connectivity index (χ1) is 12.1. The van der Waals surface area contributed by atoms with Crippen molar-refractivity contribution in [3.05, 3.63) is 72.6 Å². The van der Waals surface area contributed by atoms with Crippen LogP contribution in [0.3, 0.4) is 0 Å². The summed E-state index contributed by atoms with van der Waals surface area (Å²) in [5.74, 6) is 0.678. The number of benzene rings is 2. The van der Waals surface area contributed by atoms with Crippen LogP contribution in [-0.4, -0.2) is 24.8 Å². The smallest absolute Gasteiger partial charge is 0.235 e. The van der Waals surface area contributed by atoms with Gasteiger partial charge in [-0.2, -0.15) is 0 Å². The Balaban J connectivity index is 1.99. The van der Waals surface area contributed by atoms with E-state index in [1.165, 1.54) is 0 Å². The summed E-state index contributed by atoms with van der Waals surface area (Å²) in [4.78, 5) is 10.1. The van der Waals surface area contributed by atoms with Gasteiger partial charge in [-0.15, -0.1) is 0 Å². The molecule has 5 heteroatoms. The zero-order valence-electron chi connectivity index (χ0n) is 14.0. The largest absolute Gasteiger partial charge is 0.283 e. The molecular weight excluding hydrogens is 330 g/mol. The van der Waals surface area contributed by atoms with Crippen molar-refractivity contribution in [2.24, 2.45) is 0 Å². The van der Waals surface area contributed by atoms with Gasteiger partial charge in [0, 0.05) is 45.0 Å². The van der Waals surface area contributed by atoms with Crippen LogP contribution in [-0.2, 0) is 10.8 Å². The van der Waals surface area contributed by atoms with Crippen LogP contribution < -0.4 is 0 Å². The highest BCUT2D eigenvalue weighted by Crippen LogP contribution is 2.32. The minimum atomic E-state index is -0.990. The van der Waals surface area contributed by atoms with Crippen LogP contribution in [0.25, 0.3) is 28.3 Å². The van der Waals surface area contributed by atoms with Crippen molar-refractivity contribution in [1.82, 2.24) is 14.4 Å². The molecule has 0 aliphatic heterocycles. The Morgan fingerprint density at radius 3 is 2.28 bits per heavy atom. The summed E-state index contributed by atoms with van der Waals surface area (Å²) in [6.45, 7) is 1.96. The minimum Gasteiger partial charge on any atom is -0.283 e. The first-order valence-electron chi connectivity index (χ1n) is 7.98. The summed E-state index contributed by atoms with van der Waals surface area (Å²) in [6, 6.07) is 19.9. The van der Waals surface area contributed by atoms with Crippen molar-refractivity contribution < 1.29 is 4.21 Å².